The lowest BCUT2D eigenvalue weighted by Crippen LogP contribution is -2.44. The Balaban J connectivity index is 1.23. The van der Waals surface area contributed by atoms with Crippen LogP contribution >= 0.6 is 0 Å². The van der Waals surface area contributed by atoms with Gasteiger partial charge in [-0.25, -0.2) is 4.39 Å². The largest absolute Gasteiger partial charge is 0.359 e. The fraction of sp³-hybridized carbons (Fsp3) is 0.333. The van der Waals surface area contributed by atoms with E-state index in [0.717, 1.165) is 44.6 Å². The number of rotatable bonds is 7. The molecule has 30 heavy (non-hydrogen) atoms. The number of nitrogens with zero attached hydrogens (tertiary/aromatic N) is 3. The highest BCUT2D eigenvalue weighted by Crippen LogP contribution is 2.34. The Morgan fingerprint density at radius 3 is 2.57 bits per heavy atom. The van der Waals surface area contributed by atoms with Crippen molar-refractivity contribution in [2.24, 2.45) is 0 Å². The summed E-state index contributed by atoms with van der Waals surface area (Å²) in [5.74, 6) is 0.374. The molecule has 154 valence electrons. The van der Waals surface area contributed by atoms with Crippen molar-refractivity contribution in [2.75, 3.05) is 26.2 Å². The zero-order valence-corrected chi connectivity index (χ0v) is 16.9. The van der Waals surface area contributed by atoms with E-state index in [-0.39, 0.29) is 11.2 Å². The lowest BCUT2D eigenvalue weighted by molar-refractivity contribution is 0.186. The molecule has 2 aromatic carbocycles. The Kier molecular flexibility index (Phi) is 6.22. The molecular weight excluding hydrogens is 379 g/mol. The molecule has 3 aromatic rings. The molecule has 5 nitrogen and oxygen atoms in total. The van der Waals surface area contributed by atoms with Gasteiger partial charge < -0.3 is 14.7 Å². The van der Waals surface area contributed by atoms with E-state index in [1.54, 1.807) is 24.3 Å². The molecule has 6 heteroatoms. The first-order chi connectivity index (χ1) is 14.7. The van der Waals surface area contributed by atoms with Crippen molar-refractivity contribution in [3.63, 3.8) is 0 Å². The molecular formula is C24H25FN4O. The third kappa shape index (κ3) is 4.43. The smallest absolute Gasteiger partial charge is 0.151 e. The van der Waals surface area contributed by atoms with E-state index in [9.17, 15) is 9.65 Å². The Hall–Kier alpha value is -3.01. The number of nitrogens with one attached hydrogen (secondary N) is 1. The van der Waals surface area contributed by atoms with Gasteiger partial charge in [-0.05, 0) is 30.5 Å². The summed E-state index contributed by atoms with van der Waals surface area (Å²) in [4.78, 5) is 2.39. The molecule has 1 N–H and O–H groups in total. The molecule has 0 spiro atoms. The van der Waals surface area contributed by atoms with Gasteiger partial charge in [0.2, 0.25) is 0 Å². The number of benzene rings is 2. The molecule has 0 unspecified atom stereocenters. The number of aromatic nitrogens is 1. The minimum atomic E-state index is -0.367. The molecule has 1 aliphatic rings. The van der Waals surface area contributed by atoms with Gasteiger partial charge in [0.15, 0.2) is 5.76 Å². The maximum atomic E-state index is 13.9. The summed E-state index contributed by atoms with van der Waals surface area (Å²) in [5, 5.41) is 17.1. The maximum Gasteiger partial charge on any atom is 0.151 e. The number of hydrogen-bond donors (Lipinski definition) is 1. The fourth-order valence-corrected chi connectivity index (χ4v) is 4.02. The first-order valence-corrected chi connectivity index (χ1v) is 10.3. The molecule has 0 bridgehead atoms. The van der Waals surface area contributed by atoms with E-state index >= 15 is 0 Å². The topological polar surface area (TPSA) is 65.1 Å². The van der Waals surface area contributed by atoms with Crippen molar-refractivity contribution in [1.82, 2.24) is 15.4 Å². The van der Waals surface area contributed by atoms with E-state index < -0.39 is 0 Å². The third-order valence-corrected chi connectivity index (χ3v) is 5.86. The predicted octanol–water partition coefficient (Wildman–Crippen LogP) is 4.13. The van der Waals surface area contributed by atoms with E-state index in [1.165, 1.54) is 6.07 Å². The minimum absolute atomic E-state index is 0.306. The zero-order chi connectivity index (χ0) is 20.8. The lowest BCUT2D eigenvalue weighted by Gasteiger charge is -2.37. The Morgan fingerprint density at radius 2 is 1.83 bits per heavy atom. The Bertz CT molecular complexity index is 1000. The summed E-state index contributed by atoms with van der Waals surface area (Å²) in [6.45, 7) is 4.07. The van der Waals surface area contributed by atoms with Gasteiger partial charge in [0, 0.05) is 37.8 Å². The molecule has 4 rings (SSSR count). The van der Waals surface area contributed by atoms with Crippen LogP contribution in [0.3, 0.4) is 0 Å². The van der Waals surface area contributed by atoms with Crippen molar-refractivity contribution < 1.29 is 8.91 Å². The molecule has 0 atom stereocenters. The highest BCUT2D eigenvalue weighted by molar-refractivity contribution is 5.59. The number of nitriles is 1. The Morgan fingerprint density at radius 1 is 1.10 bits per heavy atom. The van der Waals surface area contributed by atoms with Crippen molar-refractivity contribution >= 4 is 0 Å². The highest BCUT2D eigenvalue weighted by Gasteiger charge is 2.36. The Labute approximate surface area is 176 Å². The van der Waals surface area contributed by atoms with E-state index in [4.69, 9.17) is 4.52 Å². The average molecular weight is 404 g/mol. The van der Waals surface area contributed by atoms with Gasteiger partial charge in [-0.1, -0.05) is 47.6 Å². The molecule has 0 saturated carbocycles. The second kappa shape index (κ2) is 9.21. The van der Waals surface area contributed by atoms with Gasteiger partial charge in [-0.2, -0.15) is 5.26 Å². The number of piperidine rings is 1. The first kappa shape index (κ1) is 20.3. The summed E-state index contributed by atoms with van der Waals surface area (Å²) < 4.78 is 19.2. The van der Waals surface area contributed by atoms with Gasteiger partial charge in [-0.3, -0.25) is 0 Å². The van der Waals surface area contributed by atoms with Gasteiger partial charge in [0.25, 0.3) is 0 Å². The highest BCUT2D eigenvalue weighted by atomic mass is 19.1. The van der Waals surface area contributed by atoms with E-state index in [0.29, 0.717) is 23.6 Å². The van der Waals surface area contributed by atoms with Crippen LogP contribution in [0.1, 0.15) is 24.2 Å². The summed E-state index contributed by atoms with van der Waals surface area (Å²) in [5.41, 5.74) is 1.71. The molecule has 0 radical (unpaired) electrons. The zero-order valence-electron chi connectivity index (χ0n) is 16.9. The van der Waals surface area contributed by atoms with Crippen LogP contribution in [0.4, 0.5) is 4.39 Å². The monoisotopic (exact) mass is 404 g/mol. The molecule has 1 aliphatic heterocycles. The van der Waals surface area contributed by atoms with Crippen molar-refractivity contribution in [3.8, 4) is 17.3 Å². The van der Waals surface area contributed by atoms with Gasteiger partial charge in [0.05, 0.1) is 18.0 Å². The van der Waals surface area contributed by atoms with Gasteiger partial charge in [-0.15, -0.1) is 0 Å². The molecule has 1 saturated heterocycles. The molecule has 0 amide bonds. The third-order valence-electron chi connectivity index (χ3n) is 5.86. The van der Waals surface area contributed by atoms with Crippen LogP contribution < -0.4 is 5.32 Å². The second-order valence-corrected chi connectivity index (χ2v) is 7.74. The van der Waals surface area contributed by atoms with Gasteiger partial charge in [0.1, 0.15) is 11.5 Å². The summed E-state index contributed by atoms with van der Waals surface area (Å²) in [6.07, 6.45) is 1.70. The quantitative estimate of drug-likeness (QED) is 0.600. The number of hydrogen-bond acceptors (Lipinski definition) is 5. The molecule has 1 aromatic heterocycles. The summed E-state index contributed by atoms with van der Waals surface area (Å²) in [7, 11) is 0. The predicted molar refractivity (Wildman–Crippen MR) is 113 cm³/mol. The minimum Gasteiger partial charge on any atom is -0.359 e. The maximum absolute atomic E-state index is 13.9. The number of halogens is 1. The summed E-state index contributed by atoms with van der Waals surface area (Å²) in [6, 6.07) is 21.0. The van der Waals surface area contributed by atoms with Crippen LogP contribution in [0, 0.1) is 17.1 Å². The SMILES string of the molecule is N#CC1(c2ccccc2)CCN(CCNCc2cc(-c3ccccc3F)no2)CC1. The second-order valence-electron chi connectivity index (χ2n) is 7.74. The van der Waals surface area contributed by atoms with E-state index in [2.05, 4.69) is 33.6 Å². The van der Waals surface area contributed by atoms with Crippen LogP contribution in [-0.2, 0) is 12.0 Å². The average Bonchev–Trinajstić information content (AvgIpc) is 3.27. The summed E-state index contributed by atoms with van der Waals surface area (Å²) >= 11 is 0. The van der Waals surface area contributed by atoms with Crippen molar-refractivity contribution in [2.45, 2.75) is 24.8 Å². The molecule has 0 aliphatic carbocycles. The normalized spacial score (nSPS) is 16.3. The van der Waals surface area contributed by atoms with Crippen molar-refractivity contribution in [3.05, 3.63) is 77.8 Å². The van der Waals surface area contributed by atoms with Crippen LogP contribution in [0.2, 0.25) is 0 Å². The van der Waals surface area contributed by atoms with Gasteiger partial charge >= 0.3 is 0 Å². The number of likely N-dealkylation sites (tertiary alicyclic amines) is 1. The van der Waals surface area contributed by atoms with Crippen molar-refractivity contribution in [1.29, 1.82) is 5.26 Å². The van der Waals surface area contributed by atoms with Crippen LogP contribution in [0.15, 0.2) is 65.2 Å². The van der Waals surface area contributed by atoms with Crippen LogP contribution in [-0.4, -0.2) is 36.2 Å². The standard InChI is InChI=1S/C24H25FN4O/c25-22-9-5-4-8-21(22)23-16-20(30-28-23)17-27-12-15-29-13-10-24(18-26,11-14-29)19-6-2-1-3-7-19/h1-9,16,27H,10-15,17H2. The molecule has 1 fully saturated rings. The van der Waals surface area contributed by atoms with E-state index in [1.807, 2.05) is 18.2 Å². The first-order valence-electron chi connectivity index (χ1n) is 10.3. The fourth-order valence-electron chi connectivity index (χ4n) is 4.02. The lowest BCUT2D eigenvalue weighted by atomic mass is 9.74. The van der Waals surface area contributed by atoms with Crippen LogP contribution in [0.25, 0.3) is 11.3 Å². The van der Waals surface area contributed by atoms with Crippen LogP contribution in [0.5, 0.6) is 0 Å². The molecule has 2 heterocycles.